The number of nitrogen functional groups attached to an aromatic ring is 1. The molecule has 1 heterocycles. The van der Waals surface area contributed by atoms with E-state index in [0.717, 1.165) is 38.4 Å². The fourth-order valence-corrected chi connectivity index (χ4v) is 2.91. The summed E-state index contributed by atoms with van der Waals surface area (Å²) in [5, 5.41) is 9.28. The number of hydrogen-bond donors (Lipinski definition) is 1. The molecule has 2 N–H and O–H groups in total. The van der Waals surface area contributed by atoms with Crippen LogP contribution in [0.2, 0.25) is 0 Å². The smallest absolute Gasteiger partial charge is 0.101 e. The summed E-state index contributed by atoms with van der Waals surface area (Å²) in [5.74, 6) is 0. The van der Waals surface area contributed by atoms with Gasteiger partial charge >= 0.3 is 0 Å². The first-order valence-electron chi connectivity index (χ1n) is 7.57. The highest BCUT2D eigenvalue weighted by Crippen LogP contribution is 2.24. The van der Waals surface area contributed by atoms with Crippen molar-refractivity contribution < 1.29 is 0 Å². The van der Waals surface area contributed by atoms with E-state index in [1.54, 1.807) is 6.07 Å². The Kier molecular flexibility index (Phi) is 4.27. The molecule has 3 rings (SSSR count). The molecule has 1 aliphatic rings. The number of piperazine rings is 1. The summed E-state index contributed by atoms with van der Waals surface area (Å²) in [6, 6.07) is 18.4. The Bertz CT molecular complexity index is 667. The normalized spacial score (nSPS) is 15.5. The van der Waals surface area contributed by atoms with Crippen LogP contribution in [-0.2, 0) is 6.54 Å². The minimum absolute atomic E-state index is 0.642. The molecule has 112 valence electrons. The van der Waals surface area contributed by atoms with Crippen molar-refractivity contribution in [2.75, 3.05) is 36.8 Å². The number of benzene rings is 2. The number of hydrogen-bond acceptors (Lipinski definition) is 4. The van der Waals surface area contributed by atoms with Gasteiger partial charge in [0.25, 0.3) is 0 Å². The average Bonchev–Trinajstić information content (AvgIpc) is 2.56. The number of rotatable bonds is 3. The molecular formula is C18H20N4. The van der Waals surface area contributed by atoms with Crippen LogP contribution in [0, 0.1) is 11.3 Å². The molecule has 0 saturated carbocycles. The largest absolute Gasteiger partial charge is 0.399 e. The van der Waals surface area contributed by atoms with Gasteiger partial charge in [0.2, 0.25) is 0 Å². The van der Waals surface area contributed by atoms with Crippen LogP contribution in [0.4, 0.5) is 11.4 Å². The Hall–Kier alpha value is -2.51. The Morgan fingerprint density at radius 3 is 2.41 bits per heavy atom. The summed E-state index contributed by atoms with van der Waals surface area (Å²) >= 11 is 0. The van der Waals surface area contributed by atoms with Crippen LogP contribution in [0.25, 0.3) is 0 Å². The lowest BCUT2D eigenvalue weighted by Crippen LogP contribution is -2.46. The fraction of sp³-hybridized carbons (Fsp3) is 0.278. The second kappa shape index (κ2) is 6.50. The van der Waals surface area contributed by atoms with Gasteiger partial charge in [-0.1, -0.05) is 30.3 Å². The first-order valence-corrected chi connectivity index (χ1v) is 7.57. The second-order valence-corrected chi connectivity index (χ2v) is 5.64. The SMILES string of the molecule is N#Cc1cc(N)ccc1N1CCN(Cc2ccccc2)CC1. The van der Waals surface area contributed by atoms with Crippen LogP contribution in [0.1, 0.15) is 11.1 Å². The van der Waals surface area contributed by atoms with Crippen molar-refractivity contribution in [2.24, 2.45) is 0 Å². The van der Waals surface area contributed by atoms with Crippen molar-refractivity contribution >= 4 is 11.4 Å². The van der Waals surface area contributed by atoms with Crippen LogP contribution in [0.5, 0.6) is 0 Å². The van der Waals surface area contributed by atoms with Gasteiger partial charge in [-0.2, -0.15) is 5.26 Å². The molecule has 0 bridgehead atoms. The van der Waals surface area contributed by atoms with Gasteiger partial charge in [0.05, 0.1) is 11.3 Å². The summed E-state index contributed by atoms with van der Waals surface area (Å²) in [6.45, 7) is 4.87. The molecule has 22 heavy (non-hydrogen) atoms. The molecule has 0 aromatic heterocycles. The molecule has 0 radical (unpaired) electrons. The summed E-state index contributed by atoms with van der Waals surface area (Å²) in [5.41, 5.74) is 9.41. The molecule has 4 nitrogen and oxygen atoms in total. The van der Waals surface area contributed by atoms with Gasteiger partial charge in [0.15, 0.2) is 0 Å². The monoisotopic (exact) mass is 292 g/mol. The minimum Gasteiger partial charge on any atom is -0.399 e. The predicted molar refractivity (Wildman–Crippen MR) is 89.5 cm³/mol. The van der Waals surface area contributed by atoms with E-state index >= 15 is 0 Å². The van der Waals surface area contributed by atoms with E-state index in [0.29, 0.717) is 11.3 Å². The van der Waals surface area contributed by atoms with Gasteiger partial charge in [0.1, 0.15) is 6.07 Å². The fourth-order valence-electron chi connectivity index (χ4n) is 2.91. The van der Waals surface area contributed by atoms with Gasteiger partial charge < -0.3 is 10.6 Å². The molecule has 4 heteroatoms. The van der Waals surface area contributed by atoms with Crippen molar-refractivity contribution in [3.05, 3.63) is 59.7 Å². The van der Waals surface area contributed by atoms with Crippen LogP contribution < -0.4 is 10.6 Å². The van der Waals surface area contributed by atoms with E-state index in [-0.39, 0.29) is 0 Å². The third-order valence-electron chi connectivity index (χ3n) is 4.10. The summed E-state index contributed by atoms with van der Waals surface area (Å²) in [6.07, 6.45) is 0. The maximum atomic E-state index is 9.28. The van der Waals surface area contributed by atoms with E-state index in [1.807, 2.05) is 18.2 Å². The van der Waals surface area contributed by atoms with Gasteiger partial charge in [-0.05, 0) is 23.8 Å². The molecule has 2 aromatic rings. The summed E-state index contributed by atoms with van der Waals surface area (Å²) in [7, 11) is 0. The van der Waals surface area contributed by atoms with Crippen LogP contribution >= 0.6 is 0 Å². The topological polar surface area (TPSA) is 56.3 Å². The number of nitrogens with two attached hydrogens (primary N) is 1. The van der Waals surface area contributed by atoms with Gasteiger partial charge in [-0.3, -0.25) is 4.90 Å². The maximum Gasteiger partial charge on any atom is 0.101 e. The highest BCUT2D eigenvalue weighted by Gasteiger charge is 2.19. The van der Waals surface area contributed by atoms with Gasteiger partial charge in [-0.25, -0.2) is 0 Å². The number of anilines is 2. The number of nitrogens with zero attached hydrogens (tertiary/aromatic N) is 3. The lowest BCUT2D eigenvalue weighted by molar-refractivity contribution is 0.250. The Morgan fingerprint density at radius 1 is 1.00 bits per heavy atom. The molecule has 0 atom stereocenters. The highest BCUT2D eigenvalue weighted by molar-refractivity contribution is 5.64. The van der Waals surface area contributed by atoms with Crippen molar-refractivity contribution in [1.82, 2.24) is 4.90 Å². The molecule has 1 saturated heterocycles. The lowest BCUT2D eigenvalue weighted by Gasteiger charge is -2.36. The third-order valence-corrected chi connectivity index (χ3v) is 4.10. The molecule has 0 aliphatic carbocycles. The third kappa shape index (κ3) is 3.21. The van der Waals surface area contributed by atoms with E-state index in [9.17, 15) is 5.26 Å². The van der Waals surface area contributed by atoms with E-state index in [4.69, 9.17) is 5.73 Å². The van der Waals surface area contributed by atoms with Crippen molar-refractivity contribution in [1.29, 1.82) is 5.26 Å². The molecule has 0 unspecified atom stereocenters. The van der Waals surface area contributed by atoms with E-state index in [2.05, 4.69) is 40.1 Å². The van der Waals surface area contributed by atoms with Gasteiger partial charge in [-0.15, -0.1) is 0 Å². The average molecular weight is 292 g/mol. The van der Waals surface area contributed by atoms with Gasteiger partial charge in [0, 0.05) is 38.4 Å². The van der Waals surface area contributed by atoms with Crippen LogP contribution in [0.15, 0.2) is 48.5 Å². The lowest BCUT2D eigenvalue weighted by atomic mass is 10.1. The molecule has 1 fully saturated rings. The molecule has 2 aromatic carbocycles. The zero-order valence-corrected chi connectivity index (χ0v) is 12.6. The zero-order chi connectivity index (χ0) is 15.4. The van der Waals surface area contributed by atoms with Crippen molar-refractivity contribution in [2.45, 2.75) is 6.54 Å². The quantitative estimate of drug-likeness (QED) is 0.883. The van der Waals surface area contributed by atoms with Crippen LogP contribution in [-0.4, -0.2) is 31.1 Å². The minimum atomic E-state index is 0.642. The predicted octanol–water partition coefficient (Wildman–Crippen LogP) is 2.46. The first-order chi connectivity index (χ1) is 10.8. The summed E-state index contributed by atoms with van der Waals surface area (Å²) in [4.78, 5) is 4.73. The van der Waals surface area contributed by atoms with Crippen molar-refractivity contribution in [3.63, 3.8) is 0 Å². The Morgan fingerprint density at radius 2 is 1.73 bits per heavy atom. The standard InChI is InChI=1S/C18H20N4/c19-13-16-12-17(20)6-7-18(16)22-10-8-21(9-11-22)14-15-4-2-1-3-5-15/h1-7,12H,8-11,14,20H2. The Balaban J connectivity index is 1.64. The number of nitriles is 1. The highest BCUT2D eigenvalue weighted by atomic mass is 15.3. The maximum absolute atomic E-state index is 9.28. The molecular weight excluding hydrogens is 272 g/mol. The second-order valence-electron chi connectivity index (χ2n) is 5.64. The molecule has 0 amide bonds. The summed E-state index contributed by atoms with van der Waals surface area (Å²) < 4.78 is 0. The van der Waals surface area contributed by atoms with Crippen LogP contribution in [0.3, 0.4) is 0 Å². The van der Waals surface area contributed by atoms with E-state index < -0.39 is 0 Å². The Labute approximate surface area is 131 Å². The first kappa shape index (κ1) is 14.4. The van der Waals surface area contributed by atoms with E-state index in [1.165, 1.54) is 5.56 Å². The van der Waals surface area contributed by atoms with Crippen molar-refractivity contribution in [3.8, 4) is 6.07 Å². The molecule has 1 aliphatic heterocycles. The zero-order valence-electron chi connectivity index (χ0n) is 12.6. The molecule has 0 spiro atoms.